The third kappa shape index (κ3) is 3.28. The van der Waals surface area contributed by atoms with Crippen LogP contribution in [0, 0.1) is 13.8 Å². The second kappa shape index (κ2) is 6.34. The quantitative estimate of drug-likeness (QED) is 0.516. The van der Waals surface area contributed by atoms with Crippen molar-refractivity contribution >= 4 is 5.71 Å². The summed E-state index contributed by atoms with van der Waals surface area (Å²) >= 11 is 0. The van der Waals surface area contributed by atoms with E-state index in [1.54, 1.807) is 13.8 Å². The van der Waals surface area contributed by atoms with Crippen LogP contribution in [0.4, 0.5) is 0 Å². The second-order valence-electron chi connectivity index (χ2n) is 5.11. The number of pyridine rings is 1. The van der Waals surface area contributed by atoms with Crippen LogP contribution in [0.3, 0.4) is 0 Å². The summed E-state index contributed by atoms with van der Waals surface area (Å²) < 4.78 is 0.182. The molecule has 6 nitrogen and oxygen atoms in total. The fourth-order valence-corrected chi connectivity index (χ4v) is 2.09. The molecule has 0 aliphatic heterocycles. The SMILES string of the molecule is CC(=NOCc1ccc(C)cc1)c1c(C)cc(=O)n(O)c1O. The van der Waals surface area contributed by atoms with Gasteiger partial charge in [-0.2, -0.15) is 0 Å². The van der Waals surface area contributed by atoms with E-state index in [1.807, 2.05) is 31.2 Å². The van der Waals surface area contributed by atoms with Crippen molar-refractivity contribution < 1.29 is 15.2 Å². The predicted molar refractivity (Wildman–Crippen MR) is 82.5 cm³/mol. The normalized spacial score (nSPS) is 11.5. The smallest absolute Gasteiger partial charge is 0.286 e. The molecule has 6 heteroatoms. The fraction of sp³-hybridized carbons (Fsp3) is 0.250. The maximum atomic E-state index is 11.3. The Morgan fingerprint density at radius 3 is 2.55 bits per heavy atom. The molecular formula is C16H18N2O4. The maximum Gasteiger partial charge on any atom is 0.286 e. The molecule has 2 N–H and O–H groups in total. The topological polar surface area (TPSA) is 84.0 Å². The summed E-state index contributed by atoms with van der Waals surface area (Å²) in [5.74, 6) is -0.551. The summed E-state index contributed by atoms with van der Waals surface area (Å²) in [7, 11) is 0. The van der Waals surface area contributed by atoms with E-state index in [0.29, 0.717) is 11.3 Å². The van der Waals surface area contributed by atoms with Crippen LogP contribution in [-0.2, 0) is 11.4 Å². The number of aromatic hydroxyl groups is 1. The maximum absolute atomic E-state index is 11.3. The number of hydrogen-bond acceptors (Lipinski definition) is 5. The molecule has 1 aromatic carbocycles. The van der Waals surface area contributed by atoms with Gasteiger partial charge in [0.1, 0.15) is 6.61 Å². The fourth-order valence-electron chi connectivity index (χ4n) is 2.09. The van der Waals surface area contributed by atoms with E-state index >= 15 is 0 Å². The molecule has 0 fully saturated rings. The van der Waals surface area contributed by atoms with E-state index in [9.17, 15) is 15.1 Å². The molecule has 0 saturated carbocycles. The Labute approximate surface area is 127 Å². The molecule has 2 aromatic rings. The van der Waals surface area contributed by atoms with Crippen molar-refractivity contribution in [3.8, 4) is 5.88 Å². The summed E-state index contributed by atoms with van der Waals surface area (Å²) in [4.78, 5) is 16.6. The Hall–Kier alpha value is -2.76. The van der Waals surface area contributed by atoms with Gasteiger partial charge in [0.25, 0.3) is 5.56 Å². The van der Waals surface area contributed by atoms with Crippen molar-refractivity contribution in [1.29, 1.82) is 0 Å². The molecule has 0 unspecified atom stereocenters. The number of aryl methyl sites for hydroxylation is 2. The summed E-state index contributed by atoms with van der Waals surface area (Å²) in [6.45, 7) is 5.57. The molecule has 0 saturated heterocycles. The van der Waals surface area contributed by atoms with E-state index in [-0.39, 0.29) is 16.9 Å². The Balaban J connectivity index is 2.18. The van der Waals surface area contributed by atoms with Crippen LogP contribution in [0.1, 0.15) is 29.2 Å². The van der Waals surface area contributed by atoms with Crippen LogP contribution in [0.2, 0.25) is 0 Å². The third-order valence-electron chi connectivity index (χ3n) is 3.28. The van der Waals surface area contributed by atoms with Crippen molar-refractivity contribution in [3.05, 3.63) is 62.9 Å². The van der Waals surface area contributed by atoms with E-state index in [1.165, 1.54) is 6.07 Å². The first-order valence-electron chi connectivity index (χ1n) is 6.77. The molecular weight excluding hydrogens is 284 g/mol. The van der Waals surface area contributed by atoms with Crippen LogP contribution >= 0.6 is 0 Å². The molecule has 0 aliphatic carbocycles. The lowest BCUT2D eigenvalue weighted by molar-refractivity contribution is 0.129. The molecule has 0 atom stereocenters. The van der Waals surface area contributed by atoms with Crippen LogP contribution in [0.5, 0.6) is 5.88 Å². The van der Waals surface area contributed by atoms with Crippen LogP contribution in [0.15, 0.2) is 40.3 Å². The first kappa shape index (κ1) is 15.6. The summed E-state index contributed by atoms with van der Waals surface area (Å²) in [5, 5.41) is 23.2. The summed E-state index contributed by atoms with van der Waals surface area (Å²) in [6, 6.07) is 9.06. The molecule has 0 amide bonds. The average molecular weight is 302 g/mol. The monoisotopic (exact) mass is 302 g/mol. The van der Waals surface area contributed by atoms with Crippen LogP contribution in [0.25, 0.3) is 0 Å². The highest BCUT2D eigenvalue weighted by molar-refractivity contribution is 6.01. The van der Waals surface area contributed by atoms with Gasteiger partial charge < -0.3 is 15.2 Å². The van der Waals surface area contributed by atoms with Gasteiger partial charge >= 0.3 is 0 Å². The molecule has 0 aliphatic rings. The predicted octanol–water partition coefficient (Wildman–Crippen LogP) is 2.35. The Bertz CT molecular complexity index is 761. The van der Waals surface area contributed by atoms with Gasteiger partial charge in [-0.1, -0.05) is 35.0 Å². The minimum atomic E-state index is -0.702. The van der Waals surface area contributed by atoms with Gasteiger partial charge in [-0.25, -0.2) is 0 Å². The zero-order valence-corrected chi connectivity index (χ0v) is 12.7. The molecule has 0 bridgehead atoms. The van der Waals surface area contributed by atoms with E-state index < -0.39 is 11.4 Å². The lowest BCUT2D eigenvalue weighted by atomic mass is 10.1. The van der Waals surface area contributed by atoms with Gasteiger partial charge in [-0.15, -0.1) is 4.73 Å². The zero-order valence-electron chi connectivity index (χ0n) is 12.7. The molecule has 0 radical (unpaired) electrons. The summed E-state index contributed by atoms with van der Waals surface area (Å²) in [6.07, 6.45) is 0. The lowest BCUT2D eigenvalue weighted by Crippen LogP contribution is -2.20. The van der Waals surface area contributed by atoms with Gasteiger partial charge in [0.05, 0.1) is 11.3 Å². The van der Waals surface area contributed by atoms with Crippen molar-refractivity contribution in [1.82, 2.24) is 4.73 Å². The number of oxime groups is 1. The molecule has 1 aromatic heterocycles. The van der Waals surface area contributed by atoms with Crippen molar-refractivity contribution in [2.24, 2.45) is 5.16 Å². The third-order valence-corrected chi connectivity index (χ3v) is 3.28. The van der Waals surface area contributed by atoms with Crippen molar-refractivity contribution in [3.63, 3.8) is 0 Å². The van der Waals surface area contributed by atoms with Crippen molar-refractivity contribution in [2.75, 3.05) is 0 Å². The van der Waals surface area contributed by atoms with E-state index in [0.717, 1.165) is 11.1 Å². The minimum Gasteiger partial charge on any atom is -0.492 e. The highest BCUT2D eigenvalue weighted by Gasteiger charge is 2.15. The molecule has 2 rings (SSSR count). The molecule has 116 valence electrons. The highest BCUT2D eigenvalue weighted by Crippen LogP contribution is 2.19. The van der Waals surface area contributed by atoms with Gasteiger partial charge in [0, 0.05) is 6.07 Å². The summed E-state index contributed by atoms with van der Waals surface area (Å²) in [5.41, 5.74) is 2.57. The highest BCUT2D eigenvalue weighted by atomic mass is 16.6. The van der Waals surface area contributed by atoms with Gasteiger partial charge in [-0.3, -0.25) is 4.79 Å². The van der Waals surface area contributed by atoms with E-state index in [2.05, 4.69) is 5.16 Å². The Morgan fingerprint density at radius 2 is 1.91 bits per heavy atom. The largest absolute Gasteiger partial charge is 0.492 e. The molecule has 22 heavy (non-hydrogen) atoms. The van der Waals surface area contributed by atoms with Crippen LogP contribution < -0.4 is 5.56 Å². The number of benzene rings is 1. The minimum absolute atomic E-state index is 0.182. The first-order valence-corrected chi connectivity index (χ1v) is 6.77. The van der Waals surface area contributed by atoms with E-state index in [4.69, 9.17) is 4.84 Å². The molecule has 0 spiro atoms. The second-order valence-corrected chi connectivity index (χ2v) is 5.11. The molecule has 1 heterocycles. The number of hydrogen-bond donors (Lipinski definition) is 2. The van der Waals surface area contributed by atoms with Crippen molar-refractivity contribution in [2.45, 2.75) is 27.4 Å². The van der Waals surface area contributed by atoms with Crippen LogP contribution in [-0.4, -0.2) is 20.8 Å². The lowest BCUT2D eigenvalue weighted by Gasteiger charge is -2.10. The Morgan fingerprint density at radius 1 is 1.27 bits per heavy atom. The standard InChI is InChI=1S/C16H18N2O4/c1-10-4-6-13(7-5-10)9-22-17-12(3)15-11(2)8-14(19)18(21)16(15)20/h4-8,20-21H,9H2,1-3H3. The number of nitrogens with zero attached hydrogens (tertiary/aromatic N) is 2. The first-order chi connectivity index (χ1) is 10.4. The number of aromatic nitrogens is 1. The average Bonchev–Trinajstić information content (AvgIpc) is 2.47. The van der Waals surface area contributed by atoms with Gasteiger partial charge in [-0.05, 0) is 31.9 Å². The Kier molecular flexibility index (Phi) is 4.50. The number of rotatable bonds is 4. The van der Waals surface area contributed by atoms with Gasteiger partial charge in [0.15, 0.2) is 0 Å². The zero-order chi connectivity index (χ0) is 16.3. The van der Waals surface area contributed by atoms with Gasteiger partial charge in [0.2, 0.25) is 5.88 Å².